The highest BCUT2D eigenvalue weighted by atomic mass is 16.3. The Morgan fingerprint density at radius 3 is 2.76 bits per heavy atom. The molecule has 0 bridgehead atoms. The average molecular weight is 234 g/mol. The zero-order valence-corrected chi connectivity index (χ0v) is 9.85. The lowest BCUT2D eigenvalue weighted by Crippen LogP contribution is -2.36. The second-order valence-electron chi connectivity index (χ2n) is 4.72. The molecule has 17 heavy (non-hydrogen) atoms. The molecule has 92 valence electrons. The van der Waals surface area contributed by atoms with Crippen molar-refractivity contribution >= 4 is 11.7 Å². The minimum Gasteiger partial charge on any atom is -0.389 e. The van der Waals surface area contributed by atoms with Crippen LogP contribution in [-0.2, 0) is 4.79 Å². The number of aromatic nitrogens is 1. The Bertz CT molecular complexity index is 372. The number of hydrogen-bond donors (Lipinski definition) is 2. The number of rotatable bonds is 3. The Morgan fingerprint density at radius 1 is 1.35 bits per heavy atom. The van der Waals surface area contributed by atoms with E-state index >= 15 is 0 Å². The summed E-state index contributed by atoms with van der Waals surface area (Å²) in [5.74, 6) is 0.380. The monoisotopic (exact) mass is 234 g/mol. The summed E-state index contributed by atoms with van der Waals surface area (Å²) in [6.07, 6.45) is 6.42. The quantitative estimate of drug-likeness (QED) is 0.842. The van der Waals surface area contributed by atoms with E-state index in [4.69, 9.17) is 0 Å². The van der Waals surface area contributed by atoms with Crippen LogP contribution in [-0.4, -0.2) is 21.6 Å². The van der Waals surface area contributed by atoms with Crippen LogP contribution in [0, 0.1) is 0 Å². The van der Waals surface area contributed by atoms with Gasteiger partial charge in [-0.2, -0.15) is 0 Å². The van der Waals surface area contributed by atoms with E-state index in [1.807, 2.05) is 6.07 Å². The van der Waals surface area contributed by atoms with E-state index in [9.17, 15) is 9.90 Å². The number of carbonyl (C=O) groups excluding carboxylic acids is 1. The van der Waals surface area contributed by atoms with E-state index in [0.29, 0.717) is 5.82 Å². The zero-order valence-electron chi connectivity index (χ0n) is 9.85. The lowest BCUT2D eigenvalue weighted by molar-refractivity contribution is -0.122. The fourth-order valence-electron chi connectivity index (χ4n) is 2.31. The number of aliphatic hydroxyl groups is 1. The summed E-state index contributed by atoms with van der Waals surface area (Å²) in [5, 5.41) is 12.9. The van der Waals surface area contributed by atoms with Crippen LogP contribution < -0.4 is 5.32 Å². The molecule has 0 aromatic carbocycles. The van der Waals surface area contributed by atoms with E-state index < -0.39 is 5.60 Å². The predicted molar refractivity (Wildman–Crippen MR) is 65.5 cm³/mol. The third-order valence-corrected chi connectivity index (χ3v) is 3.21. The predicted octanol–water partition coefficient (Wildman–Crippen LogP) is 2.11. The molecule has 0 saturated heterocycles. The van der Waals surface area contributed by atoms with Gasteiger partial charge in [0.1, 0.15) is 5.82 Å². The number of anilines is 1. The van der Waals surface area contributed by atoms with Gasteiger partial charge in [0.05, 0.1) is 12.0 Å². The maximum absolute atomic E-state index is 11.8. The van der Waals surface area contributed by atoms with Crippen molar-refractivity contribution in [2.75, 3.05) is 5.32 Å². The summed E-state index contributed by atoms with van der Waals surface area (Å²) >= 11 is 0. The summed E-state index contributed by atoms with van der Waals surface area (Å²) in [4.78, 5) is 15.8. The van der Waals surface area contributed by atoms with Crippen LogP contribution in [0.1, 0.15) is 38.5 Å². The molecule has 2 N–H and O–H groups in total. The largest absolute Gasteiger partial charge is 0.389 e. The van der Waals surface area contributed by atoms with Crippen LogP contribution in [0.15, 0.2) is 24.4 Å². The topological polar surface area (TPSA) is 62.2 Å². The average Bonchev–Trinajstić information content (AvgIpc) is 2.30. The molecule has 1 saturated carbocycles. The fourth-order valence-corrected chi connectivity index (χ4v) is 2.31. The molecular weight excluding hydrogens is 216 g/mol. The molecule has 1 aliphatic carbocycles. The highest BCUT2D eigenvalue weighted by molar-refractivity contribution is 5.90. The van der Waals surface area contributed by atoms with Gasteiger partial charge in [-0.25, -0.2) is 4.98 Å². The Morgan fingerprint density at radius 2 is 2.12 bits per heavy atom. The molecule has 0 radical (unpaired) electrons. The first-order valence-corrected chi connectivity index (χ1v) is 6.11. The van der Waals surface area contributed by atoms with Gasteiger partial charge < -0.3 is 10.4 Å². The maximum Gasteiger partial charge on any atom is 0.228 e. The van der Waals surface area contributed by atoms with Crippen molar-refractivity contribution in [3.8, 4) is 0 Å². The Balaban J connectivity index is 1.88. The highest BCUT2D eigenvalue weighted by Crippen LogP contribution is 2.30. The number of carbonyl (C=O) groups is 1. The molecule has 1 aromatic heterocycles. The summed E-state index contributed by atoms with van der Waals surface area (Å²) in [6.45, 7) is 0. The van der Waals surface area contributed by atoms with Crippen molar-refractivity contribution in [3.05, 3.63) is 24.4 Å². The summed E-state index contributed by atoms with van der Waals surface area (Å²) < 4.78 is 0. The molecule has 0 aliphatic heterocycles. The number of amides is 1. The van der Waals surface area contributed by atoms with Gasteiger partial charge >= 0.3 is 0 Å². The van der Waals surface area contributed by atoms with Crippen molar-refractivity contribution in [2.45, 2.75) is 44.1 Å². The van der Waals surface area contributed by atoms with E-state index in [1.54, 1.807) is 18.3 Å². The molecule has 0 spiro atoms. The van der Waals surface area contributed by atoms with E-state index in [2.05, 4.69) is 10.3 Å². The molecule has 4 nitrogen and oxygen atoms in total. The highest BCUT2D eigenvalue weighted by Gasteiger charge is 2.31. The third-order valence-electron chi connectivity index (χ3n) is 3.21. The number of pyridine rings is 1. The first-order valence-electron chi connectivity index (χ1n) is 6.11. The standard InChI is InChI=1S/C13H18N2O2/c16-12(15-11-6-2-5-9-14-11)10-13(17)7-3-1-4-8-13/h2,5-6,9,17H,1,3-4,7-8,10H2,(H,14,15,16). The molecule has 1 amide bonds. The molecule has 1 aromatic rings. The lowest BCUT2D eigenvalue weighted by Gasteiger charge is -2.31. The lowest BCUT2D eigenvalue weighted by atomic mass is 9.82. The van der Waals surface area contributed by atoms with Gasteiger partial charge in [0.2, 0.25) is 5.91 Å². The molecule has 2 rings (SSSR count). The van der Waals surface area contributed by atoms with Gasteiger partial charge in [-0.05, 0) is 25.0 Å². The normalized spacial score (nSPS) is 18.6. The first kappa shape index (κ1) is 12.0. The molecule has 1 heterocycles. The second kappa shape index (κ2) is 5.27. The smallest absolute Gasteiger partial charge is 0.228 e. The van der Waals surface area contributed by atoms with E-state index in [-0.39, 0.29) is 12.3 Å². The van der Waals surface area contributed by atoms with Crippen molar-refractivity contribution in [3.63, 3.8) is 0 Å². The van der Waals surface area contributed by atoms with E-state index in [1.165, 1.54) is 0 Å². The summed E-state index contributed by atoms with van der Waals surface area (Å²) in [7, 11) is 0. The molecule has 0 unspecified atom stereocenters. The maximum atomic E-state index is 11.8. The second-order valence-corrected chi connectivity index (χ2v) is 4.72. The van der Waals surface area contributed by atoms with Crippen LogP contribution in [0.2, 0.25) is 0 Å². The molecular formula is C13H18N2O2. The fraction of sp³-hybridized carbons (Fsp3) is 0.538. The zero-order chi connectivity index (χ0) is 12.1. The minimum absolute atomic E-state index is 0.159. The van der Waals surface area contributed by atoms with Gasteiger partial charge in [0.15, 0.2) is 0 Å². The summed E-state index contributed by atoms with van der Waals surface area (Å²) in [5.41, 5.74) is -0.808. The minimum atomic E-state index is -0.808. The summed E-state index contributed by atoms with van der Waals surface area (Å²) in [6, 6.07) is 5.35. The SMILES string of the molecule is O=C(CC1(O)CCCCC1)Nc1ccccn1. The Labute approximate surface area is 101 Å². The number of hydrogen-bond acceptors (Lipinski definition) is 3. The molecule has 0 atom stereocenters. The van der Waals surface area contributed by atoms with Crippen LogP contribution in [0.4, 0.5) is 5.82 Å². The van der Waals surface area contributed by atoms with Gasteiger partial charge in [0.25, 0.3) is 0 Å². The molecule has 1 fully saturated rings. The van der Waals surface area contributed by atoms with Gasteiger partial charge in [-0.3, -0.25) is 4.79 Å². The first-order chi connectivity index (χ1) is 8.18. The third kappa shape index (κ3) is 3.53. The molecule has 4 heteroatoms. The van der Waals surface area contributed by atoms with Gasteiger partial charge in [0, 0.05) is 6.20 Å². The van der Waals surface area contributed by atoms with Gasteiger partial charge in [-0.15, -0.1) is 0 Å². The van der Waals surface area contributed by atoms with Crippen molar-refractivity contribution in [2.24, 2.45) is 0 Å². The Kier molecular flexibility index (Phi) is 3.74. The Hall–Kier alpha value is -1.42. The number of nitrogens with zero attached hydrogens (tertiary/aromatic N) is 1. The van der Waals surface area contributed by atoms with E-state index in [0.717, 1.165) is 32.1 Å². The van der Waals surface area contributed by atoms with Crippen LogP contribution in [0.5, 0.6) is 0 Å². The van der Waals surface area contributed by atoms with Crippen LogP contribution in [0.25, 0.3) is 0 Å². The van der Waals surface area contributed by atoms with Crippen LogP contribution in [0.3, 0.4) is 0 Å². The van der Waals surface area contributed by atoms with Gasteiger partial charge in [-0.1, -0.05) is 25.3 Å². The van der Waals surface area contributed by atoms with Crippen molar-refractivity contribution < 1.29 is 9.90 Å². The molecule has 1 aliphatic rings. The number of nitrogens with one attached hydrogen (secondary N) is 1. The van der Waals surface area contributed by atoms with Crippen LogP contribution >= 0.6 is 0 Å². The van der Waals surface area contributed by atoms with Crippen molar-refractivity contribution in [1.82, 2.24) is 4.98 Å². The van der Waals surface area contributed by atoms with Crippen molar-refractivity contribution in [1.29, 1.82) is 0 Å².